The molecule has 1 fully saturated rings. The minimum Gasteiger partial charge on any atom is -0.306 e. The molecule has 1 atom stereocenters. The number of aromatic nitrogens is 1. The van der Waals surface area contributed by atoms with Crippen LogP contribution in [0.4, 0.5) is 0 Å². The number of carbonyl (C=O) groups excluding carboxylic acids is 1. The molecule has 2 rings (SSSR count). The molecular formula is C11H13BrN2OS. The minimum atomic E-state index is 0.00389. The van der Waals surface area contributed by atoms with Gasteiger partial charge in [-0.3, -0.25) is 9.78 Å². The molecule has 0 bridgehead atoms. The monoisotopic (exact) mass is 300 g/mol. The summed E-state index contributed by atoms with van der Waals surface area (Å²) in [5.74, 6) is 2.22. The van der Waals surface area contributed by atoms with E-state index in [1.54, 1.807) is 6.20 Å². The molecule has 1 unspecified atom stereocenters. The van der Waals surface area contributed by atoms with Crippen LogP contribution in [0.25, 0.3) is 0 Å². The number of pyridine rings is 1. The number of thioether (sulfide) groups is 1. The Balaban J connectivity index is 1.93. The standard InChI is InChI=1S/C11H13BrN2OS/c12-8-1-2-9(14-6-8)5-11(15)10-7-16-4-3-13-10/h1-2,6,10,13H,3-5,7H2. The van der Waals surface area contributed by atoms with Crippen molar-refractivity contribution < 1.29 is 4.79 Å². The SMILES string of the molecule is O=C(Cc1ccc(Br)cn1)C1CSCCN1. The van der Waals surface area contributed by atoms with Crippen LogP contribution in [-0.2, 0) is 11.2 Å². The quantitative estimate of drug-likeness (QED) is 0.922. The van der Waals surface area contributed by atoms with Gasteiger partial charge in [-0.2, -0.15) is 11.8 Å². The van der Waals surface area contributed by atoms with E-state index < -0.39 is 0 Å². The summed E-state index contributed by atoms with van der Waals surface area (Å²) in [6.45, 7) is 0.925. The van der Waals surface area contributed by atoms with Crippen molar-refractivity contribution in [3.8, 4) is 0 Å². The van der Waals surface area contributed by atoms with E-state index in [4.69, 9.17) is 0 Å². The Morgan fingerprint density at radius 2 is 2.50 bits per heavy atom. The zero-order valence-corrected chi connectivity index (χ0v) is 11.2. The third kappa shape index (κ3) is 3.30. The largest absolute Gasteiger partial charge is 0.306 e. The Hall–Kier alpha value is -0.390. The average Bonchev–Trinajstić information content (AvgIpc) is 2.33. The molecule has 0 aromatic carbocycles. The lowest BCUT2D eigenvalue weighted by Crippen LogP contribution is -2.44. The first kappa shape index (κ1) is 12.1. The molecular weight excluding hydrogens is 288 g/mol. The van der Waals surface area contributed by atoms with Crippen LogP contribution in [0.2, 0.25) is 0 Å². The minimum absolute atomic E-state index is 0.00389. The van der Waals surface area contributed by atoms with Gasteiger partial charge in [-0.05, 0) is 28.1 Å². The molecule has 1 aliphatic heterocycles. The van der Waals surface area contributed by atoms with E-state index in [-0.39, 0.29) is 11.8 Å². The van der Waals surface area contributed by atoms with E-state index >= 15 is 0 Å². The fourth-order valence-corrected chi connectivity index (χ4v) is 2.79. The van der Waals surface area contributed by atoms with Crippen LogP contribution in [0.3, 0.4) is 0 Å². The molecule has 0 saturated carbocycles. The Bertz CT molecular complexity index is 363. The van der Waals surface area contributed by atoms with Gasteiger partial charge in [0.05, 0.1) is 12.5 Å². The second-order valence-electron chi connectivity index (χ2n) is 3.69. The highest BCUT2D eigenvalue weighted by Gasteiger charge is 2.20. The van der Waals surface area contributed by atoms with Crippen molar-refractivity contribution in [1.29, 1.82) is 0 Å². The van der Waals surface area contributed by atoms with Gasteiger partial charge < -0.3 is 5.32 Å². The molecule has 1 aromatic heterocycles. The molecule has 16 heavy (non-hydrogen) atoms. The fourth-order valence-electron chi connectivity index (χ4n) is 1.58. The molecule has 2 heterocycles. The van der Waals surface area contributed by atoms with Gasteiger partial charge in [0.1, 0.15) is 0 Å². The molecule has 0 aliphatic carbocycles. The first-order valence-corrected chi connectivity index (χ1v) is 7.15. The van der Waals surface area contributed by atoms with Crippen LogP contribution in [0.1, 0.15) is 5.69 Å². The lowest BCUT2D eigenvalue weighted by atomic mass is 10.1. The Kier molecular flexibility index (Phi) is 4.37. The highest BCUT2D eigenvalue weighted by Crippen LogP contribution is 2.12. The van der Waals surface area contributed by atoms with Gasteiger partial charge in [0, 0.05) is 34.4 Å². The van der Waals surface area contributed by atoms with E-state index in [0.717, 1.165) is 28.2 Å². The number of rotatable bonds is 3. The third-order valence-corrected chi connectivity index (χ3v) is 3.99. The van der Waals surface area contributed by atoms with Gasteiger partial charge in [0.15, 0.2) is 5.78 Å². The van der Waals surface area contributed by atoms with Crippen molar-refractivity contribution in [2.45, 2.75) is 12.5 Å². The number of nitrogens with one attached hydrogen (secondary N) is 1. The smallest absolute Gasteiger partial charge is 0.156 e. The van der Waals surface area contributed by atoms with Crippen LogP contribution in [0.5, 0.6) is 0 Å². The lowest BCUT2D eigenvalue weighted by Gasteiger charge is -2.21. The molecule has 86 valence electrons. The van der Waals surface area contributed by atoms with E-state index in [0.29, 0.717) is 6.42 Å². The number of hydrogen-bond acceptors (Lipinski definition) is 4. The van der Waals surface area contributed by atoms with Gasteiger partial charge in [0.25, 0.3) is 0 Å². The number of nitrogens with zero attached hydrogens (tertiary/aromatic N) is 1. The van der Waals surface area contributed by atoms with Crippen molar-refractivity contribution in [3.05, 3.63) is 28.5 Å². The Labute approximate surface area is 108 Å². The van der Waals surface area contributed by atoms with Crippen LogP contribution in [0, 0.1) is 0 Å². The summed E-state index contributed by atoms with van der Waals surface area (Å²) >= 11 is 5.16. The summed E-state index contributed by atoms with van der Waals surface area (Å²) in [7, 11) is 0. The van der Waals surface area contributed by atoms with Crippen molar-refractivity contribution in [3.63, 3.8) is 0 Å². The maximum absolute atomic E-state index is 11.9. The summed E-state index contributed by atoms with van der Waals surface area (Å²) in [5.41, 5.74) is 0.838. The van der Waals surface area contributed by atoms with Crippen LogP contribution in [-0.4, -0.2) is 34.9 Å². The van der Waals surface area contributed by atoms with Gasteiger partial charge in [0.2, 0.25) is 0 Å². The molecule has 1 N–H and O–H groups in total. The molecule has 1 saturated heterocycles. The van der Waals surface area contributed by atoms with Gasteiger partial charge in [-0.15, -0.1) is 0 Å². The summed E-state index contributed by atoms with van der Waals surface area (Å²) in [4.78, 5) is 16.1. The fraction of sp³-hybridized carbons (Fsp3) is 0.455. The summed E-state index contributed by atoms with van der Waals surface area (Å²) in [6, 6.07) is 3.81. The highest BCUT2D eigenvalue weighted by atomic mass is 79.9. The Morgan fingerprint density at radius 1 is 1.62 bits per heavy atom. The van der Waals surface area contributed by atoms with Crippen molar-refractivity contribution in [1.82, 2.24) is 10.3 Å². The number of halogens is 1. The molecule has 1 aliphatic rings. The summed E-state index contributed by atoms with van der Waals surface area (Å²) in [6.07, 6.45) is 2.15. The maximum atomic E-state index is 11.9. The zero-order valence-electron chi connectivity index (χ0n) is 8.78. The second-order valence-corrected chi connectivity index (χ2v) is 5.76. The van der Waals surface area contributed by atoms with Gasteiger partial charge >= 0.3 is 0 Å². The lowest BCUT2D eigenvalue weighted by molar-refractivity contribution is -0.120. The van der Waals surface area contributed by atoms with Crippen molar-refractivity contribution in [2.75, 3.05) is 18.1 Å². The predicted octanol–water partition coefficient (Wildman–Crippen LogP) is 1.66. The van der Waals surface area contributed by atoms with Crippen LogP contribution in [0.15, 0.2) is 22.8 Å². The molecule has 1 aromatic rings. The van der Waals surface area contributed by atoms with E-state index in [1.807, 2.05) is 23.9 Å². The number of carbonyl (C=O) groups is 1. The maximum Gasteiger partial charge on any atom is 0.156 e. The second kappa shape index (κ2) is 5.80. The van der Waals surface area contributed by atoms with Crippen molar-refractivity contribution >= 4 is 33.5 Å². The molecule has 0 radical (unpaired) electrons. The molecule has 0 spiro atoms. The van der Waals surface area contributed by atoms with Gasteiger partial charge in [-0.25, -0.2) is 0 Å². The summed E-state index contributed by atoms with van der Waals surface area (Å²) < 4.78 is 0.940. The van der Waals surface area contributed by atoms with Crippen LogP contribution >= 0.6 is 27.7 Å². The highest BCUT2D eigenvalue weighted by molar-refractivity contribution is 9.10. The Morgan fingerprint density at radius 3 is 3.12 bits per heavy atom. The number of hydrogen-bond donors (Lipinski definition) is 1. The van der Waals surface area contributed by atoms with E-state index in [9.17, 15) is 4.79 Å². The number of ketones is 1. The first-order valence-electron chi connectivity index (χ1n) is 5.20. The molecule has 3 nitrogen and oxygen atoms in total. The molecule has 0 amide bonds. The third-order valence-electron chi connectivity index (χ3n) is 2.45. The average molecular weight is 301 g/mol. The zero-order chi connectivity index (χ0) is 11.4. The number of Topliss-reactive ketones (excluding diaryl/α,β-unsaturated/α-hetero) is 1. The van der Waals surface area contributed by atoms with E-state index in [2.05, 4.69) is 26.2 Å². The predicted molar refractivity (Wildman–Crippen MR) is 69.8 cm³/mol. The molecule has 5 heteroatoms. The van der Waals surface area contributed by atoms with Crippen molar-refractivity contribution in [2.24, 2.45) is 0 Å². The van der Waals surface area contributed by atoms with Crippen LogP contribution < -0.4 is 5.32 Å². The topological polar surface area (TPSA) is 42.0 Å². The van der Waals surface area contributed by atoms with E-state index in [1.165, 1.54) is 0 Å². The van der Waals surface area contributed by atoms with Gasteiger partial charge in [-0.1, -0.05) is 0 Å². The normalized spacial score (nSPS) is 20.7. The first-order chi connectivity index (χ1) is 7.75. The summed E-state index contributed by atoms with van der Waals surface area (Å²) in [5, 5.41) is 3.24.